The van der Waals surface area contributed by atoms with Gasteiger partial charge in [0.2, 0.25) is 0 Å². The Morgan fingerprint density at radius 2 is 1.63 bits per heavy atom. The van der Waals surface area contributed by atoms with Gasteiger partial charge in [-0.1, -0.05) is 31.9 Å². The van der Waals surface area contributed by atoms with E-state index in [0.717, 1.165) is 8.95 Å². The van der Waals surface area contributed by atoms with E-state index in [0.29, 0.717) is 15.7 Å². The Kier molecular flexibility index (Phi) is 4.76. The van der Waals surface area contributed by atoms with Gasteiger partial charge in [0.15, 0.2) is 0 Å². The fraction of sp³-hybridized carbons (Fsp3) is 0. The predicted octanol–water partition coefficient (Wildman–Crippen LogP) is 5.37. The second kappa shape index (κ2) is 6.15. The van der Waals surface area contributed by atoms with Gasteiger partial charge in [0.25, 0.3) is 5.91 Å². The van der Waals surface area contributed by atoms with Gasteiger partial charge in [0.1, 0.15) is 5.82 Å². The molecule has 0 unspecified atom stereocenters. The van der Waals surface area contributed by atoms with Crippen LogP contribution in [0.2, 0.25) is 0 Å². The van der Waals surface area contributed by atoms with E-state index < -0.39 is 0 Å². The third kappa shape index (κ3) is 3.87. The number of hydrogen-bond acceptors (Lipinski definition) is 1. The lowest BCUT2D eigenvalue weighted by atomic mass is 10.2. The molecule has 0 radical (unpaired) electrons. The Morgan fingerprint density at radius 1 is 1.00 bits per heavy atom. The lowest BCUT2D eigenvalue weighted by Gasteiger charge is -2.08. The Bertz CT molecular complexity index is 626. The standard InChI is InChI=1S/C13H7Br3FNO/c14-8-3-7(4-9(15)5-8)13(19)18-12-2-1-10(17)6-11(12)16/h1-6H,(H,18,19). The zero-order valence-corrected chi connectivity index (χ0v) is 14.1. The topological polar surface area (TPSA) is 29.1 Å². The Morgan fingerprint density at radius 3 is 2.21 bits per heavy atom. The first-order valence-corrected chi connectivity index (χ1v) is 7.56. The maximum absolute atomic E-state index is 13.0. The van der Waals surface area contributed by atoms with Gasteiger partial charge in [-0.05, 0) is 52.3 Å². The maximum atomic E-state index is 13.0. The Hall–Kier alpha value is -0.720. The first-order chi connectivity index (χ1) is 8.95. The molecule has 19 heavy (non-hydrogen) atoms. The van der Waals surface area contributed by atoms with Crippen molar-refractivity contribution in [3.8, 4) is 0 Å². The summed E-state index contributed by atoms with van der Waals surface area (Å²) in [5.41, 5.74) is 1.01. The van der Waals surface area contributed by atoms with Crippen LogP contribution in [-0.2, 0) is 0 Å². The van der Waals surface area contributed by atoms with Crippen LogP contribution < -0.4 is 5.32 Å². The minimum atomic E-state index is -0.366. The highest BCUT2D eigenvalue weighted by Crippen LogP contribution is 2.25. The van der Waals surface area contributed by atoms with Crippen LogP contribution in [0, 0.1) is 5.82 Å². The van der Waals surface area contributed by atoms with Crippen LogP contribution in [0.5, 0.6) is 0 Å². The molecule has 0 spiro atoms. The number of carbonyl (C=O) groups excluding carboxylic acids is 1. The summed E-state index contributed by atoms with van der Waals surface area (Å²) >= 11 is 9.85. The molecule has 0 aromatic heterocycles. The Labute approximate surface area is 134 Å². The van der Waals surface area contributed by atoms with Gasteiger partial charge < -0.3 is 5.32 Å². The summed E-state index contributed by atoms with van der Waals surface area (Å²) in [6.45, 7) is 0. The molecule has 0 saturated carbocycles. The fourth-order valence-corrected chi connectivity index (χ4v) is 3.21. The number of benzene rings is 2. The molecule has 98 valence electrons. The first-order valence-electron chi connectivity index (χ1n) is 5.18. The summed E-state index contributed by atoms with van der Waals surface area (Å²) in [6.07, 6.45) is 0. The number of hydrogen-bond donors (Lipinski definition) is 1. The number of amides is 1. The summed E-state index contributed by atoms with van der Waals surface area (Å²) in [7, 11) is 0. The normalized spacial score (nSPS) is 10.3. The van der Waals surface area contributed by atoms with E-state index in [1.807, 2.05) is 6.07 Å². The third-order valence-corrected chi connectivity index (χ3v) is 3.88. The van der Waals surface area contributed by atoms with Crippen molar-refractivity contribution in [1.29, 1.82) is 0 Å². The van der Waals surface area contributed by atoms with Crippen molar-refractivity contribution in [2.45, 2.75) is 0 Å². The minimum Gasteiger partial charge on any atom is -0.321 e. The van der Waals surface area contributed by atoms with Crippen molar-refractivity contribution < 1.29 is 9.18 Å². The van der Waals surface area contributed by atoms with E-state index in [-0.39, 0.29) is 11.7 Å². The van der Waals surface area contributed by atoms with Crippen molar-refractivity contribution in [1.82, 2.24) is 0 Å². The number of anilines is 1. The molecular weight excluding hydrogens is 445 g/mol. The molecule has 0 atom stereocenters. The molecule has 0 aliphatic heterocycles. The Balaban J connectivity index is 2.25. The second-order valence-electron chi connectivity index (χ2n) is 3.74. The number of nitrogens with one attached hydrogen (secondary N) is 1. The monoisotopic (exact) mass is 449 g/mol. The van der Waals surface area contributed by atoms with Gasteiger partial charge >= 0.3 is 0 Å². The molecule has 1 amide bonds. The smallest absolute Gasteiger partial charge is 0.255 e. The zero-order valence-electron chi connectivity index (χ0n) is 9.38. The second-order valence-corrected chi connectivity index (χ2v) is 6.42. The van der Waals surface area contributed by atoms with E-state index in [1.165, 1.54) is 18.2 Å². The van der Waals surface area contributed by atoms with Crippen LogP contribution in [-0.4, -0.2) is 5.91 Å². The van der Waals surface area contributed by atoms with Crippen LogP contribution in [0.4, 0.5) is 10.1 Å². The van der Waals surface area contributed by atoms with Crippen LogP contribution in [0.25, 0.3) is 0 Å². The molecular formula is C13H7Br3FNO. The molecule has 2 nitrogen and oxygen atoms in total. The van der Waals surface area contributed by atoms with Gasteiger partial charge in [-0.2, -0.15) is 0 Å². The highest BCUT2D eigenvalue weighted by Gasteiger charge is 2.10. The molecule has 1 N–H and O–H groups in total. The van der Waals surface area contributed by atoms with Crippen molar-refractivity contribution >= 4 is 59.4 Å². The van der Waals surface area contributed by atoms with E-state index in [2.05, 4.69) is 53.1 Å². The molecule has 6 heteroatoms. The van der Waals surface area contributed by atoms with E-state index in [1.54, 1.807) is 12.1 Å². The quantitative estimate of drug-likeness (QED) is 0.653. The largest absolute Gasteiger partial charge is 0.321 e. The highest BCUT2D eigenvalue weighted by atomic mass is 79.9. The predicted molar refractivity (Wildman–Crippen MR) is 83.9 cm³/mol. The lowest BCUT2D eigenvalue weighted by Crippen LogP contribution is -2.12. The average molecular weight is 452 g/mol. The number of carbonyl (C=O) groups is 1. The molecule has 0 aliphatic rings. The summed E-state index contributed by atoms with van der Waals surface area (Å²) in [6, 6.07) is 9.34. The molecule has 2 aromatic carbocycles. The van der Waals surface area contributed by atoms with Crippen LogP contribution in [0.15, 0.2) is 49.8 Å². The van der Waals surface area contributed by atoms with Crippen LogP contribution >= 0.6 is 47.8 Å². The van der Waals surface area contributed by atoms with Gasteiger partial charge in [-0.25, -0.2) is 4.39 Å². The molecule has 0 heterocycles. The van der Waals surface area contributed by atoms with E-state index in [9.17, 15) is 9.18 Å². The number of rotatable bonds is 2. The van der Waals surface area contributed by atoms with Gasteiger partial charge in [0, 0.05) is 19.0 Å². The van der Waals surface area contributed by atoms with Crippen LogP contribution in [0.1, 0.15) is 10.4 Å². The third-order valence-electron chi connectivity index (χ3n) is 2.30. The summed E-state index contributed by atoms with van der Waals surface area (Å²) in [5.74, 6) is -0.635. The number of halogens is 4. The van der Waals surface area contributed by atoms with Crippen molar-refractivity contribution in [3.63, 3.8) is 0 Å². The molecule has 0 saturated heterocycles. The van der Waals surface area contributed by atoms with Gasteiger partial charge in [-0.15, -0.1) is 0 Å². The molecule has 0 bridgehead atoms. The average Bonchev–Trinajstić information content (AvgIpc) is 2.31. The SMILES string of the molecule is O=C(Nc1ccc(F)cc1Br)c1cc(Br)cc(Br)c1. The van der Waals surface area contributed by atoms with Crippen molar-refractivity contribution in [3.05, 3.63) is 61.2 Å². The van der Waals surface area contributed by atoms with E-state index in [4.69, 9.17) is 0 Å². The zero-order chi connectivity index (χ0) is 14.0. The highest BCUT2D eigenvalue weighted by molar-refractivity contribution is 9.11. The van der Waals surface area contributed by atoms with Gasteiger partial charge in [0.05, 0.1) is 5.69 Å². The summed E-state index contributed by atoms with van der Waals surface area (Å²) in [5, 5.41) is 2.71. The molecule has 0 aliphatic carbocycles. The lowest BCUT2D eigenvalue weighted by molar-refractivity contribution is 0.102. The fourth-order valence-electron chi connectivity index (χ4n) is 1.47. The summed E-state index contributed by atoms with van der Waals surface area (Å²) in [4.78, 5) is 12.1. The van der Waals surface area contributed by atoms with Gasteiger partial charge in [-0.3, -0.25) is 4.79 Å². The van der Waals surface area contributed by atoms with E-state index >= 15 is 0 Å². The maximum Gasteiger partial charge on any atom is 0.255 e. The van der Waals surface area contributed by atoms with Crippen LogP contribution in [0.3, 0.4) is 0 Å². The van der Waals surface area contributed by atoms with Crippen molar-refractivity contribution in [2.75, 3.05) is 5.32 Å². The summed E-state index contributed by atoms with van der Waals surface area (Å²) < 4.78 is 15.0. The first kappa shape index (κ1) is 14.7. The molecule has 2 rings (SSSR count). The molecule has 2 aromatic rings. The molecule has 0 fully saturated rings. The van der Waals surface area contributed by atoms with Crippen molar-refractivity contribution in [2.24, 2.45) is 0 Å². The minimum absolute atomic E-state index is 0.269.